The van der Waals surface area contributed by atoms with Crippen molar-refractivity contribution in [2.75, 3.05) is 0 Å². The van der Waals surface area contributed by atoms with Gasteiger partial charge < -0.3 is 5.73 Å². The molecule has 1 aliphatic carbocycles. The van der Waals surface area contributed by atoms with Crippen molar-refractivity contribution in [3.63, 3.8) is 0 Å². The number of H-pyrrole nitrogens is 1. The van der Waals surface area contributed by atoms with Crippen molar-refractivity contribution in [2.24, 2.45) is 5.73 Å². The van der Waals surface area contributed by atoms with Gasteiger partial charge in [0.1, 0.15) is 5.69 Å². The maximum absolute atomic E-state index is 6.52. The first-order chi connectivity index (χ1) is 9.65. The molecule has 1 saturated carbocycles. The minimum atomic E-state index is 0.341. The Hall–Kier alpha value is -1.39. The van der Waals surface area contributed by atoms with Crippen molar-refractivity contribution in [3.05, 3.63) is 34.7 Å². The Kier molecular flexibility index (Phi) is 3.76. The van der Waals surface area contributed by atoms with Crippen molar-refractivity contribution >= 4 is 11.6 Å². The van der Waals surface area contributed by atoms with Gasteiger partial charge in [-0.3, -0.25) is 10.1 Å². The van der Waals surface area contributed by atoms with Crippen molar-refractivity contribution in [3.8, 4) is 11.3 Å². The van der Waals surface area contributed by atoms with Gasteiger partial charge in [-0.05, 0) is 44.7 Å². The van der Waals surface area contributed by atoms with Crippen LogP contribution in [0.25, 0.3) is 11.3 Å². The van der Waals surface area contributed by atoms with Crippen LogP contribution in [0.3, 0.4) is 0 Å². The SMILES string of the molecule is Cc1ccc(-c2n[nH]c(C3CCC(N)CC3)c2Cl)cn1. The summed E-state index contributed by atoms with van der Waals surface area (Å²) in [5, 5.41) is 8.24. The molecule has 2 aromatic rings. The minimum absolute atomic E-state index is 0.341. The van der Waals surface area contributed by atoms with Crippen LogP contribution in [0.5, 0.6) is 0 Å². The van der Waals surface area contributed by atoms with Crippen LogP contribution in [0.1, 0.15) is 43.0 Å². The minimum Gasteiger partial charge on any atom is -0.328 e. The lowest BCUT2D eigenvalue weighted by Gasteiger charge is -2.25. The number of aromatic nitrogens is 3. The summed E-state index contributed by atoms with van der Waals surface area (Å²) in [6, 6.07) is 4.32. The van der Waals surface area contributed by atoms with Crippen molar-refractivity contribution in [2.45, 2.75) is 44.6 Å². The molecule has 20 heavy (non-hydrogen) atoms. The molecular formula is C15H19ClN4. The third-order valence-electron chi connectivity index (χ3n) is 4.10. The van der Waals surface area contributed by atoms with E-state index in [-0.39, 0.29) is 0 Å². The van der Waals surface area contributed by atoms with Gasteiger partial charge in [-0.2, -0.15) is 5.10 Å². The van der Waals surface area contributed by atoms with Crippen molar-refractivity contribution in [1.82, 2.24) is 15.2 Å². The first-order valence-electron chi connectivity index (χ1n) is 7.07. The molecule has 0 atom stereocenters. The van der Waals surface area contributed by atoms with E-state index in [4.69, 9.17) is 17.3 Å². The number of hydrogen-bond donors (Lipinski definition) is 2. The van der Waals surface area contributed by atoms with Gasteiger partial charge in [0.25, 0.3) is 0 Å². The topological polar surface area (TPSA) is 67.6 Å². The summed E-state index contributed by atoms with van der Waals surface area (Å²) >= 11 is 6.52. The average Bonchev–Trinajstić information content (AvgIpc) is 2.83. The molecule has 3 N–H and O–H groups in total. The van der Waals surface area contributed by atoms with Crippen molar-refractivity contribution in [1.29, 1.82) is 0 Å². The Bertz CT molecular complexity index is 582. The Morgan fingerprint density at radius 3 is 2.65 bits per heavy atom. The Balaban J connectivity index is 1.87. The van der Waals surface area contributed by atoms with E-state index in [1.54, 1.807) is 0 Å². The fourth-order valence-electron chi connectivity index (χ4n) is 2.82. The predicted molar refractivity (Wildman–Crippen MR) is 80.8 cm³/mol. The van der Waals surface area contributed by atoms with Crippen molar-refractivity contribution < 1.29 is 0 Å². The van der Waals surface area contributed by atoms with E-state index in [2.05, 4.69) is 15.2 Å². The van der Waals surface area contributed by atoms with E-state index in [0.717, 1.165) is 53.4 Å². The van der Waals surface area contributed by atoms with Gasteiger partial charge in [-0.1, -0.05) is 11.6 Å². The van der Waals surface area contributed by atoms with Gasteiger partial charge in [-0.15, -0.1) is 0 Å². The lowest BCUT2D eigenvalue weighted by Crippen LogP contribution is -2.25. The second-order valence-electron chi connectivity index (χ2n) is 5.60. The summed E-state index contributed by atoms with van der Waals surface area (Å²) in [5.41, 5.74) is 9.74. The average molecular weight is 291 g/mol. The van der Waals surface area contributed by atoms with Gasteiger partial charge in [0.05, 0.1) is 10.7 Å². The van der Waals surface area contributed by atoms with Crippen LogP contribution in [-0.4, -0.2) is 21.2 Å². The summed E-state index contributed by atoms with van der Waals surface area (Å²) in [6.07, 6.45) is 6.09. The molecule has 3 rings (SSSR count). The lowest BCUT2D eigenvalue weighted by molar-refractivity contribution is 0.390. The first kappa shape index (κ1) is 13.6. The van der Waals surface area contributed by atoms with Crippen LogP contribution in [-0.2, 0) is 0 Å². The van der Waals surface area contributed by atoms with Crippen LogP contribution in [0, 0.1) is 6.92 Å². The second-order valence-corrected chi connectivity index (χ2v) is 5.98. The molecule has 4 nitrogen and oxygen atoms in total. The number of nitrogens with zero attached hydrogens (tertiary/aromatic N) is 2. The number of halogens is 1. The zero-order valence-electron chi connectivity index (χ0n) is 11.6. The van der Waals surface area contributed by atoms with Gasteiger partial charge in [0, 0.05) is 29.4 Å². The maximum atomic E-state index is 6.52. The molecule has 1 fully saturated rings. The monoisotopic (exact) mass is 290 g/mol. The van der Waals surface area contributed by atoms with E-state index < -0.39 is 0 Å². The molecule has 0 unspecified atom stereocenters. The highest BCUT2D eigenvalue weighted by Gasteiger charge is 2.25. The molecule has 0 spiro atoms. The third-order valence-corrected chi connectivity index (χ3v) is 4.48. The summed E-state index contributed by atoms with van der Waals surface area (Å²) < 4.78 is 0. The molecular weight excluding hydrogens is 272 g/mol. The zero-order valence-corrected chi connectivity index (χ0v) is 12.3. The Morgan fingerprint density at radius 2 is 2.00 bits per heavy atom. The largest absolute Gasteiger partial charge is 0.328 e. The van der Waals surface area contributed by atoms with Crippen LogP contribution >= 0.6 is 11.6 Å². The van der Waals surface area contributed by atoms with E-state index in [1.165, 1.54) is 0 Å². The zero-order chi connectivity index (χ0) is 14.1. The molecule has 0 amide bonds. The van der Waals surface area contributed by atoms with Gasteiger partial charge in [-0.25, -0.2) is 0 Å². The van der Waals surface area contributed by atoms with E-state index in [1.807, 2.05) is 25.3 Å². The highest BCUT2D eigenvalue weighted by Crippen LogP contribution is 2.38. The lowest BCUT2D eigenvalue weighted by atomic mass is 9.84. The molecule has 0 radical (unpaired) electrons. The van der Waals surface area contributed by atoms with Crippen LogP contribution in [0.2, 0.25) is 5.02 Å². The molecule has 0 saturated heterocycles. The summed E-state index contributed by atoms with van der Waals surface area (Å²) in [6.45, 7) is 1.96. The number of aryl methyl sites for hydroxylation is 1. The molecule has 2 aromatic heterocycles. The van der Waals surface area contributed by atoms with E-state index >= 15 is 0 Å². The molecule has 106 valence electrons. The van der Waals surface area contributed by atoms with Crippen LogP contribution < -0.4 is 5.73 Å². The summed E-state index contributed by atoms with van der Waals surface area (Å²) in [7, 11) is 0. The van der Waals surface area contributed by atoms with Crippen LogP contribution in [0.4, 0.5) is 0 Å². The smallest absolute Gasteiger partial charge is 0.113 e. The van der Waals surface area contributed by atoms with Gasteiger partial charge in [0.15, 0.2) is 0 Å². The first-order valence-corrected chi connectivity index (χ1v) is 7.45. The molecule has 5 heteroatoms. The number of hydrogen-bond acceptors (Lipinski definition) is 3. The molecule has 0 aliphatic heterocycles. The second kappa shape index (κ2) is 5.54. The number of aromatic amines is 1. The highest BCUT2D eigenvalue weighted by molar-refractivity contribution is 6.33. The Labute approximate surface area is 123 Å². The predicted octanol–water partition coefficient (Wildman–Crippen LogP) is 3.42. The fourth-order valence-corrected chi connectivity index (χ4v) is 3.17. The van der Waals surface area contributed by atoms with E-state index in [9.17, 15) is 0 Å². The Morgan fingerprint density at radius 1 is 1.25 bits per heavy atom. The quantitative estimate of drug-likeness (QED) is 0.890. The maximum Gasteiger partial charge on any atom is 0.113 e. The number of nitrogens with one attached hydrogen (secondary N) is 1. The molecule has 2 heterocycles. The highest BCUT2D eigenvalue weighted by atomic mass is 35.5. The fraction of sp³-hybridized carbons (Fsp3) is 0.467. The molecule has 1 aliphatic rings. The summed E-state index contributed by atoms with van der Waals surface area (Å²) in [5.74, 6) is 0.446. The van der Waals surface area contributed by atoms with Gasteiger partial charge >= 0.3 is 0 Å². The number of pyridine rings is 1. The van der Waals surface area contributed by atoms with E-state index in [0.29, 0.717) is 12.0 Å². The third kappa shape index (κ3) is 2.58. The molecule has 0 bridgehead atoms. The normalized spacial score (nSPS) is 22.9. The summed E-state index contributed by atoms with van der Waals surface area (Å²) in [4.78, 5) is 4.30. The number of rotatable bonds is 2. The standard InChI is InChI=1S/C15H19ClN4/c1-9-2-3-11(8-18-9)15-13(16)14(19-20-15)10-4-6-12(17)7-5-10/h2-3,8,10,12H,4-7,17H2,1H3,(H,19,20). The van der Waals surface area contributed by atoms with Gasteiger partial charge in [0.2, 0.25) is 0 Å². The molecule has 0 aromatic carbocycles. The number of nitrogens with two attached hydrogens (primary N) is 1. The van der Waals surface area contributed by atoms with Crippen LogP contribution in [0.15, 0.2) is 18.3 Å².